The number of hydrogen-bond acceptors (Lipinski definition) is 2. The van der Waals surface area contributed by atoms with Crippen LogP contribution in [0, 0.1) is 10.5 Å². The van der Waals surface area contributed by atoms with E-state index in [1.807, 2.05) is 0 Å². The number of hydrogen-bond donors (Lipinski definition) is 1. The van der Waals surface area contributed by atoms with Gasteiger partial charge in [-0.2, -0.15) is 0 Å². The number of aromatic nitrogens is 2. The summed E-state index contributed by atoms with van der Waals surface area (Å²) < 4.78 is 13.7. The first-order chi connectivity index (χ1) is 5.15. The third-order valence-corrected chi connectivity index (χ3v) is 1.61. The van der Waals surface area contributed by atoms with Crippen molar-refractivity contribution in [1.29, 1.82) is 0 Å². The molecule has 3 nitrogen and oxygen atoms in total. The molecule has 0 radical (unpaired) electrons. The smallest absolute Gasteiger partial charge is 0.298 e. The van der Waals surface area contributed by atoms with E-state index >= 15 is 0 Å². The van der Waals surface area contributed by atoms with Crippen LogP contribution in [0.1, 0.15) is 6.92 Å². The van der Waals surface area contributed by atoms with Crippen molar-refractivity contribution in [2.75, 3.05) is 0 Å². The lowest BCUT2D eigenvalue weighted by atomic mass is 10.6. The Morgan fingerprint density at radius 3 is 3.00 bits per heavy atom. The van der Waals surface area contributed by atoms with Crippen molar-refractivity contribution < 1.29 is 4.39 Å². The number of aromatic amines is 1. The second-order valence-corrected chi connectivity index (χ2v) is 2.43. The lowest BCUT2D eigenvalue weighted by Gasteiger charge is -1.98. The molecule has 0 aliphatic carbocycles. The van der Waals surface area contributed by atoms with Crippen molar-refractivity contribution in [3.63, 3.8) is 0 Å². The Kier molecular flexibility index (Phi) is 2.19. The number of nitrogens with one attached hydrogen (secondary N) is 1. The second kappa shape index (κ2) is 2.96. The number of nitrogens with zero attached hydrogens (tertiary/aromatic N) is 1. The van der Waals surface area contributed by atoms with Crippen LogP contribution >= 0.6 is 12.2 Å². The van der Waals surface area contributed by atoms with Crippen molar-refractivity contribution in [3.05, 3.63) is 27.1 Å². The number of H-pyrrole nitrogens is 1. The fourth-order valence-electron chi connectivity index (χ4n) is 0.718. The number of halogens is 1. The van der Waals surface area contributed by atoms with E-state index in [9.17, 15) is 9.18 Å². The van der Waals surface area contributed by atoms with Gasteiger partial charge in [-0.1, -0.05) is 12.2 Å². The van der Waals surface area contributed by atoms with Gasteiger partial charge in [-0.25, -0.2) is 9.18 Å². The summed E-state index contributed by atoms with van der Waals surface area (Å²) in [5.74, 6) is -0.568. The highest BCUT2D eigenvalue weighted by Crippen LogP contribution is 1.92. The summed E-state index contributed by atoms with van der Waals surface area (Å²) in [7, 11) is 0. The van der Waals surface area contributed by atoms with Gasteiger partial charge in [0.25, 0.3) is 0 Å². The Morgan fingerprint density at radius 2 is 2.45 bits per heavy atom. The first-order valence-corrected chi connectivity index (χ1v) is 3.55. The third-order valence-electron chi connectivity index (χ3n) is 1.31. The fraction of sp³-hybridized carbons (Fsp3) is 0.333. The van der Waals surface area contributed by atoms with Crippen LogP contribution in [0.15, 0.2) is 11.0 Å². The van der Waals surface area contributed by atoms with Crippen LogP contribution in [-0.4, -0.2) is 9.55 Å². The van der Waals surface area contributed by atoms with Gasteiger partial charge < -0.3 is 0 Å². The molecule has 1 aromatic rings. The normalized spacial score (nSPS) is 10.0. The summed E-state index contributed by atoms with van der Waals surface area (Å²) >= 11 is 4.50. The lowest BCUT2D eigenvalue weighted by molar-refractivity contribution is 0.568. The van der Waals surface area contributed by atoms with Gasteiger partial charge in [-0.15, -0.1) is 0 Å². The third kappa shape index (κ3) is 1.54. The zero-order valence-electron chi connectivity index (χ0n) is 5.93. The standard InChI is InChI=1S/C6H7FN2OS/c1-2-9-3-4(7)5(11)8-6(9)10/h3H,2H2,1H3,(H,8,10,11). The molecule has 0 atom stereocenters. The van der Waals surface area contributed by atoms with E-state index in [0.717, 1.165) is 6.20 Å². The van der Waals surface area contributed by atoms with Gasteiger partial charge in [0.2, 0.25) is 0 Å². The van der Waals surface area contributed by atoms with Crippen LogP contribution < -0.4 is 5.69 Å². The van der Waals surface area contributed by atoms with Crippen LogP contribution in [0.3, 0.4) is 0 Å². The highest BCUT2D eigenvalue weighted by Gasteiger charge is 1.97. The molecule has 0 saturated carbocycles. The van der Waals surface area contributed by atoms with E-state index in [1.165, 1.54) is 4.57 Å². The molecule has 0 bridgehead atoms. The molecule has 0 fully saturated rings. The first kappa shape index (κ1) is 8.13. The van der Waals surface area contributed by atoms with Crippen molar-refractivity contribution in [1.82, 2.24) is 9.55 Å². The van der Waals surface area contributed by atoms with E-state index < -0.39 is 5.82 Å². The molecular weight excluding hydrogens is 167 g/mol. The number of rotatable bonds is 1. The first-order valence-electron chi connectivity index (χ1n) is 3.14. The molecule has 5 heteroatoms. The van der Waals surface area contributed by atoms with Gasteiger partial charge in [0.1, 0.15) is 4.64 Å². The van der Waals surface area contributed by atoms with Crippen LogP contribution in [0.25, 0.3) is 0 Å². The largest absolute Gasteiger partial charge is 0.326 e. The zero-order valence-corrected chi connectivity index (χ0v) is 6.74. The average molecular weight is 174 g/mol. The lowest BCUT2D eigenvalue weighted by Crippen LogP contribution is -2.22. The molecule has 11 heavy (non-hydrogen) atoms. The van der Waals surface area contributed by atoms with E-state index in [-0.39, 0.29) is 10.3 Å². The molecule has 1 N–H and O–H groups in total. The Labute approximate surface area is 67.5 Å². The van der Waals surface area contributed by atoms with Crippen LogP contribution in [-0.2, 0) is 6.54 Å². The molecule has 1 rings (SSSR count). The minimum atomic E-state index is -0.568. The number of aryl methyl sites for hydroxylation is 1. The van der Waals surface area contributed by atoms with Crippen LogP contribution in [0.5, 0.6) is 0 Å². The molecule has 0 aromatic carbocycles. The van der Waals surface area contributed by atoms with E-state index in [0.29, 0.717) is 6.54 Å². The van der Waals surface area contributed by atoms with E-state index in [2.05, 4.69) is 17.2 Å². The molecule has 60 valence electrons. The Bertz CT molecular complexity index is 368. The summed E-state index contributed by atoms with van der Waals surface area (Å²) in [6, 6.07) is 0. The molecule has 0 saturated heterocycles. The van der Waals surface area contributed by atoms with Crippen molar-refractivity contribution in [2.45, 2.75) is 13.5 Å². The quantitative estimate of drug-likeness (QED) is 0.646. The molecule has 0 aliphatic heterocycles. The molecular formula is C6H7FN2OS. The maximum Gasteiger partial charge on any atom is 0.326 e. The van der Waals surface area contributed by atoms with Gasteiger partial charge in [-0.3, -0.25) is 9.55 Å². The highest BCUT2D eigenvalue weighted by atomic mass is 32.1. The van der Waals surface area contributed by atoms with Gasteiger partial charge >= 0.3 is 5.69 Å². The van der Waals surface area contributed by atoms with Gasteiger partial charge in [0.15, 0.2) is 5.82 Å². The summed E-state index contributed by atoms with van der Waals surface area (Å²) in [4.78, 5) is 13.1. The minimum Gasteiger partial charge on any atom is -0.298 e. The SMILES string of the molecule is CCn1cc(F)c(=S)[nH]c1=O. The van der Waals surface area contributed by atoms with E-state index in [4.69, 9.17) is 0 Å². The minimum absolute atomic E-state index is 0.139. The highest BCUT2D eigenvalue weighted by molar-refractivity contribution is 7.71. The molecule has 1 heterocycles. The van der Waals surface area contributed by atoms with Crippen LogP contribution in [0.2, 0.25) is 0 Å². The summed E-state index contributed by atoms with van der Waals surface area (Å²) in [5, 5.41) is 0. The van der Waals surface area contributed by atoms with Gasteiger partial charge in [0.05, 0.1) is 0 Å². The van der Waals surface area contributed by atoms with Gasteiger partial charge in [0, 0.05) is 12.7 Å². The molecule has 0 unspecified atom stereocenters. The maximum atomic E-state index is 12.7. The van der Waals surface area contributed by atoms with Crippen LogP contribution in [0.4, 0.5) is 4.39 Å². The topological polar surface area (TPSA) is 37.8 Å². The molecule has 0 amide bonds. The molecule has 0 spiro atoms. The predicted molar refractivity (Wildman–Crippen MR) is 41.5 cm³/mol. The summed E-state index contributed by atoms with van der Waals surface area (Å²) in [5.41, 5.74) is -0.376. The summed E-state index contributed by atoms with van der Waals surface area (Å²) in [6.07, 6.45) is 1.10. The Hall–Kier alpha value is -0.970. The monoisotopic (exact) mass is 174 g/mol. The second-order valence-electron chi connectivity index (χ2n) is 2.02. The molecule has 0 aliphatic rings. The zero-order chi connectivity index (χ0) is 8.43. The van der Waals surface area contributed by atoms with E-state index in [1.54, 1.807) is 6.92 Å². The Balaban J connectivity index is 3.45. The fourth-order valence-corrected chi connectivity index (χ4v) is 0.858. The van der Waals surface area contributed by atoms with Crippen molar-refractivity contribution >= 4 is 12.2 Å². The summed E-state index contributed by atoms with van der Waals surface area (Å²) in [6.45, 7) is 2.18. The molecule has 1 aromatic heterocycles. The van der Waals surface area contributed by atoms with Crippen molar-refractivity contribution in [3.8, 4) is 0 Å². The van der Waals surface area contributed by atoms with Gasteiger partial charge in [-0.05, 0) is 6.92 Å². The Morgan fingerprint density at radius 1 is 1.82 bits per heavy atom. The average Bonchev–Trinajstić information content (AvgIpc) is 1.97. The predicted octanol–water partition coefficient (Wildman–Crippen LogP) is 1.06. The van der Waals surface area contributed by atoms with Crippen molar-refractivity contribution in [2.24, 2.45) is 0 Å². The maximum absolute atomic E-state index is 12.7.